The van der Waals surface area contributed by atoms with E-state index in [9.17, 15) is 4.79 Å². The van der Waals surface area contributed by atoms with Crippen molar-refractivity contribution in [3.05, 3.63) is 39.3 Å². The van der Waals surface area contributed by atoms with Gasteiger partial charge in [0.25, 0.3) is 0 Å². The molecular formula is C13H16N2OS. The summed E-state index contributed by atoms with van der Waals surface area (Å²) in [4.78, 5) is 12.8. The topological polar surface area (TPSA) is 34.9 Å². The first-order valence-electron chi connectivity index (χ1n) is 5.73. The minimum Gasteiger partial charge on any atom is -0.291 e. The fourth-order valence-corrected chi connectivity index (χ4v) is 2.71. The van der Waals surface area contributed by atoms with Crippen molar-refractivity contribution in [2.75, 3.05) is 0 Å². The van der Waals surface area contributed by atoms with Crippen LogP contribution in [0, 0.1) is 13.8 Å². The van der Waals surface area contributed by atoms with Gasteiger partial charge in [0, 0.05) is 5.69 Å². The molecule has 2 aromatic rings. The van der Waals surface area contributed by atoms with E-state index in [1.165, 1.54) is 16.9 Å². The number of rotatable bonds is 4. The number of thiophene rings is 1. The summed E-state index contributed by atoms with van der Waals surface area (Å²) in [5.41, 5.74) is 3.39. The lowest BCUT2D eigenvalue weighted by molar-refractivity contribution is 0.0970. The predicted molar refractivity (Wildman–Crippen MR) is 69.7 cm³/mol. The fourth-order valence-electron chi connectivity index (χ4n) is 2.05. The molecule has 2 rings (SSSR count). The van der Waals surface area contributed by atoms with Crippen molar-refractivity contribution >= 4 is 17.1 Å². The Bertz CT molecular complexity index is 526. The van der Waals surface area contributed by atoms with Crippen LogP contribution in [0.4, 0.5) is 0 Å². The average molecular weight is 248 g/mol. The van der Waals surface area contributed by atoms with Crippen LogP contribution >= 0.6 is 11.3 Å². The van der Waals surface area contributed by atoms with Crippen LogP contribution in [0.15, 0.2) is 17.5 Å². The fraction of sp³-hybridized carbons (Fsp3) is 0.385. The molecular weight excluding hydrogens is 232 g/mol. The molecule has 17 heavy (non-hydrogen) atoms. The third-order valence-electron chi connectivity index (χ3n) is 2.97. The maximum Gasteiger partial charge on any atom is 0.194 e. The van der Waals surface area contributed by atoms with Gasteiger partial charge < -0.3 is 0 Å². The van der Waals surface area contributed by atoms with Crippen molar-refractivity contribution in [3.63, 3.8) is 0 Å². The van der Waals surface area contributed by atoms with Gasteiger partial charge in [-0.05, 0) is 37.3 Å². The van der Waals surface area contributed by atoms with Crippen molar-refractivity contribution in [1.82, 2.24) is 9.78 Å². The summed E-state index contributed by atoms with van der Waals surface area (Å²) in [5, 5.41) is 6.35. The monoisotopic (exact) mass is 248 g/mol. The Labute approximate surface area is 105 Å². The second-order valence-corrected chi connectivity index (χ2v) is 5.01. The molecule has 0 fully saturated rings. The van der Waals surface area contributed by atoms with E-state index in [2.05, 4.69) is 12.0 Å². The third kappa shape index (κ3) is 2.31. The summed E-state index contributed by atoms with van der Waals surface area (Å²) < 4.78 is 1.82. The van der Waals surface area contributed by atoms with E-state index in [-0.39, 0.29) is 5.78 Å². The number of aromatic nitrogens is 2. The highest BCUT2D eigenvalue weighted by atomic mass is 32.1. The molecule has 0 saturated heterocycles. The van der Waals surface area contributed by atoms with Gasteiger partial charge in [-0.3, -0.25) is 9.48 Å². The highest BCUT2D eigenvalue weighted by Crippen LogP contribution is 2.15. The summed E-state index contributed by atoms with van der Waals surface area (Å²) in [5.74, 6) is 0.133. The number of hydrogen-bond donors (Lipinski definition) is 0. The van der Waals surface area contributed by atoms with Crippen molar-refractivity contribution in [3.8, 4) is 0 Å². The van der Waals surface area contributed by atoms with Gasteiger partial charge in [0.1, 0.15) is 6.54 Å². The van der Waals surface area contributed by atoms with E-state index < -0.39 is 0 Å². The molecule has 0 aliphatic rings. The Morgan fingerprint density at radius 1 is 1.47 bits per heavy atom. The van der Waals surface area contributed by atoms with Crippen molar-refractivity contribution < 1.29 is 4.79 Å². The molecule has 0 spiro atoms. The van der Waals surface area contributed by atoms with Crippen LogP contribution in [0.1, 0.15) is 33.5 Å². The first kappa shape index (κ1) is 12.0. The van der Waals surface area contributed by atoms with Crippen molar-refractivity contribution in [1.29, 1.82) is 0 Å². The second kappa shape index (κ2) is 4.84. The smallest absolute Gasteiger partial charge is 0.194 e. The van der Waals surface area contributed by atoms with E-state index in [0.717, 1.165) is 22.7 Å². The first-order valence-corrected chi connectivity index (χ1v) is 6.61. The molecule has 0 aliphatic heterocycles. The summed E-state index contributed by atoms with van der Waals surface area (Å²) in [6.45, 7) is 6.48. The molecule has 0 N–H and O–H groups in total. The maximum atomic E-state index is 12.0. The number of nitrogens with zero attached hydrogens (tertiary/aromatic N) is 2. The maximum absolute atomic E-state index is 12.0. The quantitative estimate of drug-likeness (QED) is 0.780. The molecule has 4 heteroatoms. The van der Waals surface area contributed by atoms with Gasteiger partial charge in [-0.15, -0.1) is 11.3 Å². The van der Waals surface area contributed by atoms with Crippen LogP contribution in [-0.4, -0.2) is 15.6 Å². The average Bonchev–Trinajstić information content (AvgIpc) is 2.89. The number of ketones is 1. The molecule has 3 nitrogen and oxygen atoms in total. The molecule has 2 aromatic heterocycles. The molecule has 2 heterocycles. The standard InChI is InChI=1S/C13H16N2OS/c1-4-11-9(2)14-15(10(11)3)8-12(16)13-6-5-7-17-13/h5-7H,4,8H2,1-3H3. The second-order valence-electron chi connectivity index (χ2n) is 4.06. The van der Waals surface area contributed by atoms with Crippen LogP contribution in [0.2, 0.25) is 0 Å². The van der Waals surface area contributed by atoms with Gasteiger partial charge in [0.15, 0.2) is 5.78 Å². The van der Waals surface area contributed by atoms with Crippen LogP contribution in [0.25, 0.3) is 0 Å². The summed E-state index contributed by atoms with van der Waals surface area (Å²) in [6, 6.07) is 3.76. The van der Waals surface area contributed by atoms with Crippen molar-refractivity contribution in [2.24, 2.45) is 0 Å². The molecule has 0 aliphatic carbocycles. The molecule has 0 aromatic carbocycles. The highest BCUT2D eigenvalue weighted by molar-refractivity contribution is 7.12. The van der Waals surface area contributed by atoms with Gasteiger partial charge >= 0.3 is 0 Å². The molecule has 0 bridgehead atoms. The Kier molecular flexibility index (Phi) is 3.43. The number of aryl methyl sites for hydroxylation is 1. The summed E-state index contributed by atoms with van der Waals surface area (Å²) >= 11 is 1.48. The Hall–Kier alpha value is -1.42. The predicted octanol–water partition coefficient (Wildman–Crippen LogP) is 3.01. The van der Waals surface area contributed by atoms with Gasteiger partial charge in [-0.2, -0.15) is 5.10 Å². The lowest BCUT2D eigenvalue weighted by atomic mass is 10.1. The lowest BCUT2D eigenvalue weighted by Crippen LogP contribution is -2.12. The molecule has 0 amide bonds. The minimum atomic E-state index is 0.133. The summed E-state index contributed by atoms with van der Waals surface area (Å²) in [6.07, 6.45) is 0.963. The first-order chi connectivity index (χ1) is 8.13. The van der Waals surface area contributed by atoms with Crippen LogP contribution < -0.4 is 0 Å². The van der Waals surface area contributed by atoms with E-state index in [1.54, 1.807) is 0 Å². The molecule has 0 radical (unpaired) electrons. The molecule has 0 unspecified atom stereocenters. The zero-order valence-corrected chi connectivity index (χ0v) is 11.2. The SMILES string of the molecule is CCc1c(C)nn(CC(=O)c2cccs2)c1C. The van der Waals surface area contributed by atoms with Gasteiger partial charge in [0.05, 0.1) is 10.6 Å². The largest absolute Gasteiger partial charge is 0.291 e. The molecule has 0 atom stereocenters. The van der Waals surface area contributed by atoms with Crippen LogP contribution in [0.3, 0.4) is 0 Å². The number of hydrogen-bond acceptors (Lipinski definition) is 3. The lowest BCUT2D eigenvalue weighted by Gasteiger charge is -2.03. The van der Waals surface area contributed by atoms with E-state index in [4.69, 9.17) is 0 Å². The van der Waals surface area contributed by atoms with Crippen LogP contribution in [0.5, 0.6) is 0 Å². The zero-order valence-electron chi connectivity index (χ0n) is 10.4. The molecule has 0 saturated carbocycles. The van der Waals surface area contributed by atoms with E-state index in [0.29, 0.717) is 6.54 Å². The zero-order chi connectivity index (χ0) is 12.4. The van der Waals surface area contributed by atoms with Gasteiger partial charge in [-0.1, -0.05) is 13.0 Å². The Morgan fingerprint density at radius 3 is 2.76 bits per heavy atom. The minimum absolute atomic E-state index is 0.133. The van der Waals surface area contributed by atoms with Crippen LogP contribution in [-0.2, 0) is 13.0 Å². The number of carbonyl (C=O) groups is 1. The Balaban J connectivity index is 2.22. The van der Waals surface area contributed by atoms with Gasteiger partial charge in [0.2, 0.25) is 0 Å². The third-order valence-corrected chi connectivity index (χ3v) is 3.89. The summed E-state index contributed by atoms with van der Waals surface area (Å²) in [7, 11) is 0. The number of carbonyl (C=O) groups excluding carboxylic acids is 1. The molecule has 90 valence electrons. The van der Waals surface area contributed by atoms with E-state index >= 15 is 0 Å². The normalized spacial score (nSPS) is 10.8. The number of Topliss-reactive ketones (excluding diaryl/α,β-unsaturated/α-hetero) is 1. The van der Waals surface area contributed by atoms with E-state index in [1.807, 2.05) is 36.0 Å². The van der Waals surface area contributed by atoms with Gasteiger partial charge in [-0.25, -0.2) is 0 Å². The van der Waals surface area contributed by atoms with Crippen molar-refractivity contribution in [2.45, 2.75) is 33.7 Å². The highest BCUT2D eigenvalue weighted by Gasteiger charge is 2.13. The Morgan fingerprint density at radius 2 is 2.24 bits per heavy atom.